The molecule has 0 aromatic heterocycles. The van der Waals surface area contributed by atoms with Gasteiger partial charge in [0.1, 0.15) is 0 Å². The molecule has 0 N–H and O–H groups in total. The maximum atomic E-state index is 10.5. The Hall–Kier alpha value is -0.920. The van der Waals surface area contributed by atoms with Crippen molar-refractivity contribution in [1.29, 1.82) is 0 Å². The Bertz CT molecular complexity index is 105. The van der Waals surface area contributed by atoms with E-state index in [0.717, 1.165) is 0 Å². The second-order valence-corrected chi connectivity index (χ2v) is 1.89. The van der Waals surface area contributed by atoms with E-state index < -0.39 is 0 Å². The average Bonchev–Trinajstić information content (AvgIpc) is 1.63. The molecule has 0 rings (SSSR count). The topological polar surface area (TPSA) is 26.3 Å². The third-order valence-electron chi connectivity index (χ3n) is 0.606. The van der Waals surface area contributed by atoms with Crippen LogP contribution in [0.3, 0.4) is 0 Å². The first kappa shape index (κ1) is 8.08. The molecule has 0 atom stereocenters. The molecule has 2 heteroatoms. The van der Waals surface area contributed by atoms with Crippen LogP contribution in [0.15, 0.2) is 12.7 Å². The number of esters is 1. The predicted octanol–water partition coefficient (Wildman–Crippen LogP) is 1.33. The van der Waals surface area contributed by atoms with Crippen LogP contribution in [-0.4, -0.2) is 12.1 Å². The lowest BCUT2D eigenvalue weighted by molar-refractivity contribution is -0.142. The average molecular weight is 127 g/mol. The number of carbonyl (C=O) groups is 1. The van der Waals surface area contributed by atoms with Crippen LogP contribution in [0, 0.1) is 6.42 Å². The molecule has 0 radical (unpaired) electrons. The minimum absolute atomic E-state index is 0.0475. The lowest BCUT2D eigenvalue weighted by Crippen LogP contribution is -2.10. The van der Waals surface area contributed by atoms with Gasteiger partial charge in [-0.25, -0.2) is 4.79 Å². The summed E-state index contributed by atoms with van der Waals surface area (Å²) in [6, 6.07) is 0. The second-order valence-electron chi connectivity index (χ2n) is 1.89. The first-order valence-corrected chi connectivity index (χ1v) is 2.83. The van der Waals surface area contributed by atoms with Crippen LogP contribution in [0.5, 0.6) is 0 Å². The van der Waals surface area contributed by atoms with Gasteiger partial charge in [-0.3, -0.25) is 0 Å². The first-order chi connectivity index (χ1) is 4.16. The predicted molar refractivity (Wildman–Crippen MR) is 35.7 cm³/mol. The van der Waals surface area contributed by atoms with Crippen molar-refractivity contribution in [2.45, 2.75) is 20.0 Å². The molecule has 0 aromatic rings. The monoisotopic (exact) mass is 127 g/mol. The van der Waals surface area contributed by atoms with Crippen LogP contribution >= 0.6 is 0 Å². The van der Waals surface area contributed by atoms with Crippen LogP contribution in [0.4, 0.5) is 0 Å². The fourth-order valence-corrected chi connectivity index (χ4v) is 0.368. The summed E-state index contributed by atoms with van der Waals surface area (Å²) >= 11 is 0. The summed E-state index contributed by atoms with van der Waals surface area (Å²) in [6.07, 6.45) is 2.65. The van der Waals surface area contributed by atoms with Crippen molar-refractivity contribution in [1.82, 2.24) is 0 Å². The van der Waals surface area contributed by atoms with Gasteiger partial charge in [0.2, 0.25) is 0 Å². The second kappa shape index (κ2) is 4.01. The van der Waals surface area contributed by atoms with Gasteiger partial charge in [0.15, 0.2) is 6.42 Å². The van der Waals surface area contributed by atoms with Crippen molar-refractivity contribution < 1.29 is 9.53 Å². The highest BCUT2D eigenvalue weighted by atomic mass is 16.5. The van der Waals surface area contributed by atoms with E-state index in [-0.39, 0.29) is 12.1 Å². The Morgan fingerprint density at radius 1 is 1.78 bits per heavy atom. The standard InChI is InChI=1S/C7H11O2/c1-4-5-7(8)9-6(2)3/h4-6H,1H2,2-3H3/q+1. The highest BCUT2D eigenvalue weighted by Gasteiger charge is 2.06. The number of hydrogen-bond donors (Lipinski definition) is 0. The van der Waals surface area contributed by atoms with Gasteiger partial charge in [0, 0.05) is 6.58 Å². The van der Waals surface area contributed by atoms with Gasteiger partial charge in [-0.1, -0.05) is 0 Å². The summed E-state index contributed by atoms with van der Waals surface area (Å²) in [5.41, 5.74) is 0. The molecule has 0 bridgehead atoms. The van der Waals surface area contributed by atoms with Crippen molar-refractivity contribution in [2.75, 3.05) is 0 Å². The zero-order valence-corrected chi connectivity index (χ0v) is 5.76. The molecule has 0 aliphatic heterocycles. The number of ether oxygens (including phenoxy) is 1. The molecule has 2 nitrogen and oxygen atoms in total. The van der Waals surface area contributed by atoms with Gasteiger partial charge in [-0.05, 0) is 13.8 Å². The quantitative estimate of drug-likeness (QED) is 0.422. The van der Waals surface area contributed by atoms with E-state index in [1.54, 1.807) is 13.8 Å². The Balaban J connectivity index is 3.38. The van der Waals surface area contributed by atoms with Crippen molar-refractivity contribution in [3.05, 3.63) is 19.1 Å². The van der Waals surface area contributed by atoms with E-state index in [1.165, 1.54) is 12.5 Å². The van der Waals surface area contributed by atoms with E-state index >= 15 is 0 Å². The molecule has 0 heterocycles. The molecule has 0 fully saturated rings. The Kier molecular flexibility index (Phi) is 3.60. The molecule has 0 saturated heterocycles. The summed E-state index contributed by atoms with van der Waals surface area (Å²) in [4.78, 5) is 10.5. The molecule has 0 aliphatic rings. The third-order valence-corrected chi connectivity index (χ3v) is 0.606. The molecule has 0 amide bonds. The number of rotatable bonds is 3. The Labute approximate surface area is 55.5 Å². The molecule has 9 heavy (non-hydrogen) atoms. The zero-order chi connectivity index (χ0) is 7.28. The van der Waals surface area contributed by atoms with Crippen molar-refractivity contribution in [3.8, 4) is 0 Å². The summed E-state index contributed by atoms with van der Waals surface area (Å²) < 4.78 is 4.72. The lowest BCUT2D eigenvalue weighted by Gasteiger charge is -2.01. The highest BCUT2D eigenvalue weighted by Crippen LogP contribution is 1.91. The summed E-state index contributed by atoms with van der Waals surface area (Å²) in [7, 11) is 0. The Morgan fingerprint density at radius 2 is 2.33 bits per heavy atom. The van der Waals surface area contributed by atoms with Crippen molar-refractivity contribution >= 4 is 5.97 Å². The van der Waals surface area contributed by atoms with E-state index in [9.17, 15) is 4.79 Å². The fourth-order valence-electron chi connectivity index (χ4n) is 0.368. The van der Waals surface area contributed by atoms with Crippen LogP contribution in [0.2, 0.25) is 0 Å². The van der Waals surface area contributed by atoms with Crippen molar-refractivity contribution in [2.24, 2.45) is 0 Å². The lowest BCUT2D eigenvalue weighted by atomic mass is 10.4. The van der Waals surface area contributed by atoms with Gasteiger partial charge in [0.25, 0.3) is 0 Å². The number of hydrogen-bond acceptors (Lipinski definition) is 2. The Morgan fingerprint density at radius 3 is 2.67 bits per heavy atom. The van der Waals surface area contributed by atoms with Crippen LogP contribution in [-0.2, 0) is 9.53 Å². The molecule has 0 aliphatic carbocycles. The third kappa shape index (κ3) is 4.94. The molecule has 0 saturated carbocycles. The van der Waals surface area contributed by atoms with E-state index in [4.69, 9.17) is 4.74 Å². The summed E-state index contributed by atoms with van der Waals surface area (Å²) in [5.74, 6) is -0.333. The summed E-state index contributed by atoms with van der Waals surface area (Å²) in [5, 5.41) is 0. The maximum absolute atomic E-state index is 10.5. The van der Waals surface area contributed by atoms with Crippen LogP contribution in [0.25, 0.3) is 0 Å². The molecule has 0 spiro atoms. The maximum Gasteiger partial charge on any atom is 0.416 e. The zero-order valence-electron chi connectivity index (χ0n) is 5.76. The molecule has 50 valence electrons. The van der Waals surface area contributed by atoms with E-state index in [2.05, 4.69) is 6.58 Å². The van der Waals surface area contributed by atoms with Crippen LogP contribution in [0.1, 0.15) is 13.8 Å². The largest absolute Gasteiger partial charge is 0.444 e. The molecular weight excluding hydrogens is 116 g/mol. The first-order valence-electron chi connectivity index (χ1n) is 2.83. The van der Waals surface area contributed by atoms with Crippen molar-refractivity contribution in [3.63, 3.8) is 0 Å². The number of carbonyl (C=O) groups excluding carboxylic acids is 1. The van der Waals surface area contributed by atoms with Gasteiger partial charge in [-0.2, -0.15) is 0 Å². The van der Waals surface area contributed by atoms with Crippen LogP contribution < -0.4 is 0 Å². The van der Waals surface area contributed by atoms with Gasteiger partial charge in [-0.15, -0.1) is 0 Å². The van der Waals surface area contributed by atoms with E-state index in [1.807, 2.05) is 0 Å². The van der Waals surface area contributed by atoms with Gasteiger partial charge in [0.05, 0.1) is 12.2 Å². The fraction of sp³-hybridized carbons (Fsp3) is 0.429. The highest BCUT2D eigenvalue weighted by molar-refractivity contribution is 5.81. The molecule has 0 aromatic carbocycles. The SMILES string of the molecule is C=C[CH+]C(=O)OC(C)C. The minimum atomic E-state index is -0.333. The molecule has 0 unspecified atom stereocenters. The van der Waals surface area contributed by atoms with Gasteiger partial charge >= 0.3 is 5.97 Å². The van der Waals surface area contributed by atoms with Gasteiger partial charge < -0.3 is 4.74 Å². The molecular formula is C7H11O2+. The normalized spacial score (nSPS) is 8.78. The minimum Gasteiger partial charge on any atom is -0.444 e. The van der Waals surface area contributed by atoms with E-state index in [0.29, 0.717) is 0 Å². The summed E-state index contributed by atoms with van der Waals surface area (Å²) in [6.45, 7) is 6.95. The smallest absolute Gasteiger partial charge is 0.416 e.